The zero-order valence-electron chi connectivity index (χ0n) is 7.65. The average molecular weight is 210 g/mol. The van der Waals surface area contributed by atoms with Gasteiger partial charge in [-0.1, -0.05) is 18.2 Å². The van der Waals surface area contributed by atoms with Crippen molar-refractivity contribution in [3.8, 4) is 0 Å². The van der Waals surface area contributed by atoms with Gasteiger partial charge in [0.2, 0.25) is 0 Å². The molecule has 0 amide bonds. The molecule has 0 aliphatic heterocycles. The van der Waals surface area contributed by atoms with Crippen molar-refractivity contribution in [2.24, 2.45) is 0 Å². The maximum Gasteiger partial charge on any atom is 0.328 e. The predicted octanol–water partition coefficient (Wildman–Crippen LogP) is 2.62. The fraction of sp³-hybridized carbons (Fsp3) is 0. The first-order chi connectivity index (χ1) is 7.09. The van der Waals surface area contributed by atoms with E-state index in [1.807, 2.05) is 0 Å². The van der Waals surface area contributed by atoms with E-state index in [2.05, 4.69) is 0 Å². The largest absolute Gasteiger partial charge is 0.478 e. The number of halogens is 2. The highest BCUT2D eigenvalue weighted by Crippen LogP contribution is 2.10. The topological polar surface area (TPSA) is 37.3 Å². The minimum Gasteiger partial charge on any atom is -0.478 e. The lowest BCUT2D eigenvalue weighted by atomic mass is 10.2. The predicted molar refractivity (Wildman–Crippen MR) is 52.2 cm³/mol. The molecule has 0 bridgehead atoms. The third-order valence-corrected chi connectivity index (χ3v) is 1.59. The number of carboxylic acid groups (broad SMARTS) is 1. The smallest absolute Gasteiger partial charge is 0.328 e. The Kier molecular flexibility index (Phi) is 3.74. The van der Waals surface area contributed by atoms with Crippen molar-refractivity contribution < 1.29 is 18.7 Å². The molecule has 0 aliphatic rings. The van der Waals surface area contributed by atoms with Crippen LogP contribution in [0.25, 0.3) is 6.08 Å². The Morgan fingerprint density at radius 1 is 1.27 bits per heavy atom. The van der Waals surface area contributed by atoms with Crippen molar-refractivity contribution in [1.82, 2.24) is 0 Å². The molecule has 0 spiro atoms. The van der Waals surface area contributed by atoms with Crippen LogP contribution >= 0.6 is 0 Å². The van der Waals surface area contributed by atoms with Gasteiger partial charge in [-0.25, -0.2) is 13.6 Å². The molecule has 0 aromatic heterocycles. The summed E-state index contributed by atoms with van der Waals surface area (Å²) in [5.41, 5.74) is 0.200. The van der Waals surface area contributed by atoms with Gasteiger partial charge in [0.05, 0.1) is 0 Å². The standard InChI is InChI=1S/C11H8F2O2/c12-9-6-5-8(10(13)7-9)3-1-2-4-11(14)15/h1-7H,(H,14,15)/b3-1+,4-2+. The summed E-state index contributed by atoms with van der Waals surface area (Å²) in [7, 11) is 0. The second-order valence-electron chi connectivity index (χ2n) is 2.72. The van der Waals surface area contributed by atoms with Gasteiger partial charge >= 0.3 is 5.97 Å². The molecule has 0 saturated heterocycles. The van der Waals surface area contributed by atoms with Crippen molar-refractivity contribution in [1.29, 1.82) is 0 Å². The Labute approximate surface area is 85.2 Å². The zero-order valence-corrected chi connectivity index (χ0v) is 7.65. The molecule has 0 radical (unpaired) electrons. The van der Waals surface area contributed by atoms with E-state index in [1.165, 1.54) is 24.3 Å². The maximum atomic E-state index is 13.0. The van der Waals surface area contributed by atoms with E-state index >= 15 is 0 Å². The molecule has 4 heteroatoms. The second-order valence-corrected chi connectivity index (χ2v) is 2.72. The van der Waals surface area contributed by atoms with Crippen LogP contribution in [0, 0.1) is 11.6 Å². The van der Waals surface area contributed by atoms with E-state index in [-0.39, 0.29) is 5.56 Å². The van der Waals surface area contributed by atoms with Crippen LogP contribution in [0.15, 0.2) is 36.4 Å². The number of hydrogen-bond acceptors (Lipinski definition) is 1. The summed E-state index contributed by atoms with van der Waals surface area (Å²) >= 11 is 0. The molecule has 0 heterocycles. The average Bonchev–Trinajstić information content (AvgIpc) is 2.14. The van der Waals surface area contributed by atoms with Crippen LogP contribution in [0.3, 0.4) is 0 Å². The summed E-state index contributed by atoms with van der Waals surface area (Å²) in [6, 6.07) is 3.17. The SMILES string of the molecule is O=C(O)/C=C/C=C/c1ccc(F)cc1F. The molecule has 1 aromatic carbocycles. The van der Waals surface area contributed by atoms with Gasteiger partial charge in [0, 0.05) is 17.7 Å². The highest BCUT2D eigenvalue weighted by Gasteiger charge is 1.98. The molecule has 0 saturated carbocycles. The third-order valence-electron chi connectivity index (χ3n) is 1.59. The molecule has 15 heavy (non-hydrogen) atoms. The highest BCUT2D eigenvalue weighted by atomic mass is 19.1. The van der Waals surface area contributed by atoms with E-state index in [9.17, 15) is 13.6 Å². The van der Waals surface area contributed by atoms with Crippen LogP contribution in [-0.2, 0) is 4.79 Å². The number of rotatable bonds is 3. The lowest BCUT2D eigenvalue weighted by Gasteiger charge is -1.95. The lowest BCUT2D eigenvalue weighted by molar-refractivity contribution is -0.131. The van der Waals surface area contributed by atoms with Gasteiger partial charge < -0.3 is 5.11 Å². The molecule has 2 nitrogen and oxygen atoms in total. The summed E-state index contributed by atoms with van der Waals surface area (Å²) in [5, 5.41) is 8.26. The first-order valence-corrected chi connectivity index (χ1v) is 4.12. The monoisotopic (exact) mass is 210 g/mol. The van der Waals surface area contributed by atoms with Crippen molar-refractivity contribution >= 4 is 12.0 Å². The van der Waals surface area contributed by atoms with E-state index < -0.39 is 17.6 Å². The summed E-state index contributed by atoms with van der Waals surface area (Å²) in [4.78, 5) is 10.1. The summed E-state index contributed by atoms with van der Waals surface area (Å²) in [6.45, 7) is 0. The van der Waals surface area contributed by atoms with Crippen LogP contribution in [0.2, 0.25) is 0 Å². The first kappa shape index (κ1) is 11.1. The normalized spacial score (nSPS) is 11.3. The van der Waals surface area contributed by atoms with Gasteiger partial charge in [0.15, 0.2) is 0 Å². The first-order valence-electron chi connectivity index (χ1n) is 4.12. The van der Waals surface area contributed by atoms with Gasteiger partial charge in [-0.05, 0) is 12.1 Å². The number of benzene rings is 1. The van der Waals surface area contributed by atoms with Crippen LogP contribution in [0.4, 0.5) is 8.78 Å². The Morgan fingerprint density at radius 3 is 2.60 bits per heavy atom. The van der Waals surface area contributed by atoms with Crippen LogP contribution in [0.5, 0.6) is 0 Å². The zero-order chi connectivity index (χ0) is 11.3. The van der Waals surface area contributed by atoms with Gasteiger partial charge in [-0.3, -0.25) is 0 Å². The quantitative estimate of drug-likeness (QED) is 0.615. The van der Waals surface area contributed by atoms with Gasteiger partial charge in [0.1, 0.15) is 11.6 Å². The molecule has 1 N–H and O–H groups in total. The second kappa shape index (κ2) is 5.05. The van der Waals surface area contributed by atoms with E-state index in [4.69, 9.17) is 5.11 Å². The van der Waals surface area contributed by atoms with E-state index in [0.717, 1.165) is 18.2 Å². The lowest BCUT2D eigenvalue weighted by Crippen LogP contribution is -1.85. The molecular weight excluding hydrogens is 202 g/mol. The van der Waals surface area contributed by atoms with Gasteiger partial charge in [-0.2, -0.15) is 0 Å². The highest BCUT2D eigenvalue weighted by molar-refractivity contribution is 5.80. The Bertz CT molecular complexity index is 423. The molecule has 0 aliphatic carbocycles. The number of aliphatic carboxylic acids is 1. The Balaban J connectivity index is 2.77. The van der Waals surface area contributed by atoms with Crippen LogP contribution in [-0.4, -0.2) is 11.1 Å². The number of carboxylic acids is 1. The molecule has 78 valence electrons. The number of hydrogen-bond donors (Lipinski definition) is 1. The van der Waals surface area contributed by atoms with Crippen molar-refractivity contribution in [3.63, 3.8) is 0 Å². The molecular formula is C11H8F2O2. The van der Waals surface area contributed by atoms with Crippen LogP contribution < -0.4 is 0 Å². The molecule has 1 rings (SSSR count). The maximum absolute atomic E-state index is 13.0. The minimum absolute atomic E-state index is 0.200. The summed E-state index contributed by atoms with van der Waals surface area (Å²) in [5.74, 6) is -2.42. The minimum atomic E-state index is -1.08. The van der Waals surface area contributed by atoms with E-state index in [1.54, 1.807) is 0 Å². The summed E-state index contributed by atoms with van der Waals surface area (Å²) in [6.07, 6.45) is 4.89. The molecule has 1 aromatic rings. The van der Waals surface area contributed by atoms with Crippen LogP contribution in [0.1, 0.15) is 5.56 Å². The Morgan fingerprint density at radius 2 is 2.00 bits per heavy atom. The molecule has 0 unspecified atom stereocenters. The molecule has 0 atom stereocenters. The number of carbonyl (C=O) groups is 1. The fourth-order valence-electron chi connectivity index (χ4n) is 0.934. The van der Waals surface area contributed by atoms with Gasteiger partial charge in [0.25, 0.3) is 0 Å². The van der Waals surface area contributed by atoms with Crippen molar-refractivity contribution in [2.75, 3.05) is 0 Å². The number of allylic oxidation sites excluding steroid dienone is 2. The third kappa shape index (κ3) is 3.72. The summed E-state index contributed by atoms with van der Waals surface area (Å²) < 4.78 is 25.5. The fourth-order valence-corrected chi connectivity index (χ4v) is 0.934. The van der Waals surface area contributed by atoms with E-state index in [0.29, 0.717) is 0 Å². The van der Waals surface area contributed by atoms with Crippen molar-refractivity contribution in [2.45, 2.75) is 0 Å². The Hall–Kier alpha value is -1.97. The van der Waals surface area contributed by atoms with Crippen molar-refractivity contribution in [3.05, 3.63) is 53.6 Å². The molecule has 0 fully saturated rings. The van der Waals surface area contributed by atoms with Gasteiger partial charge in [-0.15, -0.1) is 0 Å².